The van der Waals surface area contributed by atoms with E-state index >= 15 is 0 Å². The van der Waals surface area contributed by atoms with Crippen LogP contribution in [0.2, 0.25) is 10.0 Å². The number of rotatable bonds is 9. The van der Waals surface area contributed by atoms with E-state index in [1.165, 1.54) is 0 Å². The number of fused-ring (bicyclic) bond motifs is 1. The Kier molecular flexibility index (Phi) is 8.59. The van der Waals surface area contributed by atoms with E-state index < -0.39 is 0 Å². The summed E-state index contributed by atoms with van der Waals surface area (Å²) in [5, 5.41) is 8.09. The second kappa shape index (κ2) is 12.0. The quantitative estimate of drug-likeness (QED) is 0.394. The average molecular weight is 536 g/mol. The highest BCUT2D eigenvalue weighted by molar-refractivity contribution is 7.16. The van der Waals surface area contributed by atoms with Gasteiger partial charge in [0.1, 0.15) is 16.5 Å². The van der Waals surface area contributed by atoms with Crippen molar-refractivity contribution in [2.45, 2.75) is 19.4 Å². The lowest BCUT2D eigenvalue weighted by Crippen LogP contribution is -2.46. The molecule has 0 aliphatic carbocycles. The van der Waals surface area contributed by atoms with E-state index in [0.717, 1.165) is 113 Å². The van der Waals surface area contributed by atoms with Gasteiger partial charge in [-0.1, -0.05) is 29.3 Å². The molecular formula is C25H32Cl2N6OS. The highest BCUT2D eigenvalue weighted by Crippen LogP contribution is 2.33. The summed E-state index contributed by atoms with van der Waals surface area (Å²) >= 11 is 14.3. The zero-order chi connectivity index (χ0) is 24.0. The van der Waals surface area contributed by atoms with Crippen LogP contribution in [0.3, 0.4) is 0 Å². The first-order valence-electron chi connectivity index (χ1n) is 12.4. The molecule has 1 aromatic carbocycles. The molecule has 2 aliphatic rings. The summed E-state index contributed by atoms with van der Waals surface area (Å²) in [6, 6.07) is 7.98. The number of benzene rings is 1. The van der Waals surface area contributed by atoms with Crippen molar-refractivity contribution in [3.05, 3.63) is 45.5 Å². The largest absolute Gasteiger partial charge is 0.379 e. The summed E-state index contributed by atoms with van der Waals surface area (Å²) in [6.45, 7) is 10.3. The van der Waals surface area contributed by atoms with Crippen LogP contribution in [-0.4, -0.2) is 85.3 Å². The number of nitrogens with zero attached hydrogens (tertiary/aromatic N) is 5. The smallest absolute Gasteiger partial charge is 0.146 e. The molecule has 0 spiro atoms. The molecule has 35 heavy (non-hydrogen) atoms. The molecule has 10 heteroatoms. The summed E-state index contributed by atoms with van der Waals surface area (Å²) in [4.78, 5) is 18.0. The van der Waals surface area contributed by atoms with Crippen LogP contribution in [-0.2, 0) is 11.3 Å². The maximum Gasteiger partial charge on any atom is 0.146 e. The van der Waals surface area contributed by atoms with Crippen molar-refractivity contribution in [1.82, 2.24) is 19.8 Å². The first-order chi connectivity index (χ1) is 17.2. The number of morpholine rings is 1. The van der Waals surface area contributed by atoms with Crippen LogP contribution in [0.5, 0.6) is 0 Å². The van der Waals surface area contributed by atoms with Gasteiger partial charge in [-0.25, -0.2) is 9.97 Å². The first kappa shape index (κ1) is 25.0. The minimum absolute atomic E-state index is 0.621. The Balaban J connectivity index is 1.07. The van der Waals surface area contributed by atoms with E-state index in [4.69, 9.17) is 37.9 Å². The van der Waals surface area contributed by atoms with Gasteiger partial charge in [-0.3, -0.25) is 9.80 Å². The van der Waals surface area contributed by atoms with Crippen LogP contribution in [0, 0.1) is 0 Å². The molecule has 1 N–H and O–H groups in total. The highest BCUT2D eigenvalue weighted by Gasteiger charge is 2.19. The van der Waals surface area contributed by atoms with Crippen LogP contribution >= 0.6 is 34.5 Å². The van der Waals surface area contributed by atoms with Gasteiger partial charge >= 0.3 is 0 Å². The van der Waals surface area contributed by atoms with Crippen LogP contribution in [0.25, 0.3) is 10.2 Å². The third-order valence-corrected chi connectivity index (χ3v) is 8.29. The average Bonchev–Trinajstić information content (AvgIpc) is 3.35. The van der Waals surface area contributed by atoms with E-state index in [1.54, 1.807) is 11.3 Å². The molecule has 5 rings (SSSR count). The number of piperazine rings is 1. The predicted molar refractivity (Wildman–Crippen MR) is 146 cm³/mol. The molecule has 0 saturated carbocycles. The monoisotopic (exact) mass is 534 g/mol. The van der Waals surface area contributed by atoms with Gasteiger partial charge < -0.3 is 15.0 Å². The molecule has 2 aromatic heterocycles. The molecule has 0 bridgehead atoms. The third-order valence-electron chi connectivity index (χ3n) is 6.68. The Bertz CT molecular complexity index is 1110. The van der Waals surface area contributed by atoms with Gasteiger partial charge in [-0.2, -0.15) is 0 Å². The second-order valence-corrected chi connectivity index (χ2v) is 10.7. The topological polar surface area (TPSA) is 56.8 Å². The summed E-state index contributed by atoms with van der Waals surface area (Å²) < 4.78 is 5.46. The Hall–Kier alpha value is -1.68. The summed E-state index contributed by atoms with van der Waals surface area (Å²) in [7, 11) is 0. The molecule has 3 aromatic rings. The van der Waals surface area contributed by atoms with Crippen molar-refractivity contribution in [1.29, 1.82) is 0 Å². The highest BCUT2D eigenvalue weighted by atomic mass is 35.5. The van der Waals surface area contributed by atoms with Gasteiger partial charge in [0, 0.05) is 45.8 Å². The van der Waals surface area contributed by atoms with Crippen molar-refractivity contribution < 1.29 is 4.74 Å². The third kappa shape index (κ3) is 6.37. The first-order valence-corrected chi connectivity index (χ1v) is 14.0. The SMILES string of the molecule is Clc1cccc(N2CCN(CCCCNc3nc(CN4CCOCC4)nc4sccc34)CC2)c1Cl. The van der Waals surface area contributed by atoms with E-state index in [9.17, 15) is 0 Å². The number of hydrogen-bond acceptors (Lipinski definition) is 8. The van der Waals surface area contributed by atoms with Gasteiger partial charge in [-0.05, 0) is 43.0 Å². The van der Waals surface area contributed by atoms with Gasteiger partial charge in [0.05, 0.1) is 40.9 Å². The summed E-state index contributed by atoms with van der Waals surface area (Å²) in [6.07, 6.45) is 2.26. The van der Waals surface area contributed by atoms with Crippen LogP contribution in [0.1, 0.15) is 18.7 Å². The number of ether oxygens (including phenoxy) is 1. The van der Waals surface area contributed by atoms with Crippen molar-refractivity contribution in [2.24, 2.45) is 0 Å². The van der Waals surface area contributed by atoms with Crippen LogP contribution in [0.15, 0.2) is 29.6 Å². The van der Waals surface area contributed by atoms with Crippen molar-refractivity contribution in [3.8, 4) is 0 Å². The zero-order valence-corrected chi connectivity index (χ0v) is 22.2. The molecule has 0 amide bonds. The lowest BCUT2D eigenvalue weighted by Gasteiger charge is -2.36. The van der Waals surface area contributed by atoms with Gasteiger partial charge in [-0.15, -0.1) is 11.3 Å². The maximum absolute atomic E-state index is 6.41. The van der Waals surface area contributed by atoms with Crippen LogP contribution < -0.4 is 10.2 Å². The Morgan fingerprint density at radius 1 is 0.943 bits per heavy atom. The second-order valence-electron chi connectivity index (χ2n) is 9.05. The Morgan fingerprint density at radius 3 is 2.60 bits per heavy atom. The zero-order valence-electron chi connectivity index (χ0n) is 19.9. The number of thiophene rings is 1. The van der Waals surface area contributed by atoms with Gasteiger partial charge in [0.25, 0.3) is 0 Å². The Morgan fingerprint density at radius 2 is 1.77 bits per heavy atom. The fourth-order valence-electron chi connectivity index (χ4n) is 4.68. The van der Waals surface area contributed by atoms with E-state index in [1.807, 2.05) is 12.1 Å². The fraction of sp³-hybridized carbons (Fsp3) is 0.520. The molecule has 7 nitrogen and oxygen atoms in total. The molecule has 0 unspecified atom stereocenters. The molecular weight excluding hydrogens is 503 g/mol. The summed E-state index contributed by atoms with van der Waals surface area (Å²) in [5.74, 6) is 1.86. The Labute approximate surface area is 221 Å². The molecule has 188 valence electrons. The number of hydrogen-bond donors (Lipinski definition) is 1. The lowest BCUT2D eigenvalue weighted by molar-refractivity contribution is 0.0331. The maximum atomic E-state index is 6.41. The number of anilines is 2. The van der Waals surface area contributed by atoms with E-state index in [0.29, 0.717) is 10.0 Å². The number of unbranched alkanes of at least 4 members (excludes halogenated alkanes) is 1. The molecule has 2 saturated heterocycles. The molecule has 2 aliphatic heterocycles. The van der Waals surface area contributed by atoms with Crippen molar-refractivity contribution in [3.63, 3.8) is 0 Å². The molecule has 0 radical (unpaired) electrons. The van der Waals surface area contributed by atoms with Crippen molar-refractivity contribution in [2.75, 3.05) is 75.8 Å². The normalized spacial score (nSPS) is 17.8. The predicted octanol–water partition coefficient (Wildman–Crippen LogP) is 4.84. The minimum Gasteiger partial charge on any atom is -0.379 e. The van der Waals surface area contributed by atoms with E-state index in [2.05, 4.69) is 37.5 Å². The van der Waals surface area contributed by atoms with E-state index in [-0.39, 0.29) is 0 Å². The van der Waals surface area contributed by atoms with Gasteiger partial charge in [0.15, 0.2) is 0 Å². The lowest BCUT2D eigenvalue weighted by atomic mass is 10.2. The fourth-order valence-corrected chi connectivity index (χ4v) is 5.88. The van der Waals surface area contributed by atoms with Gasteiger partial charge in [0.2, 0.25) is 0 Å². The summed E-state index contributed by atoms with van der Waals surface area (Å²) in [5.41, 5.74) is 1.04. The minimum atomic E-state index is 0.621. The standard InChI is InChI=1S/C25H32Cl2N6OS/c26-20-4-3-5-21(23(20)27)33-11-9-31(10-12-33)8-2-1-7-28-24-19-6-17-35-25(19)30-22(29-24)18-32-13-15-34-16-14-32/h3-6,17H,1-2,7-16,18H2,(H,28,29,30). The molecule has 4 heterocycles. The van der Waals surface area contributed by atoms with Crippen molar-refractivity contribution >= 4 is 56.3 Å². The molecule has 2 fully saturated rings. The molecule has 0 atom stereocenters. The van der Waals surface area contributed by atoms with Crippen LogP contribution in [0.4, 0.5) is 11.5 Å². The number of halogens is 2. The number of aromatic nitrogens is 2. The number of nitrogens with one attached hydrogen (secondary N) is 1.